The molecule has 1 saturated heterocycles. The van der Waals surface area contributed by atoms with E-state index in [0.29, 0.717) is 5.82 Å². The summed E-state index contributed by atoms with van der Waals surface area (Å²) < 4.78 is 37.2. The van der Waals surface area contributed by atoms with E-state index in [1.54, 1.807) is 54.6 Å². The van der Waals surface area contributed by atoms with Crippen molar-refractivity contribution in [2.45, 2.75) is 9.79 Å². The van der Waals surface area contributed by atoms with Crippen molar-refractivity contribution in [3.63, 3.8) is 0 Å². The lowest BCUT2D eigenvalue weighted by Crippen LogP contribution is -2.42. The van der Waals surface area contributed by atoms with E-state index in [9.17, 15) is 13.0 Å². The van der Waals surface area contributed by atoms with Crippen LogP contribution in [0.4, 0.5) is 17.2 Å². The van der Waals surface area contributed by atoms with Crippen LogP contribution in [0.1, 0.15) is 0 Å². The zero-order chi connectivity index (χ0) is 25.0. The van der Waals surface area contributed by atoms with Crippen molar-refractivity contribution in [2.75, 3.05) is 48.3 Å². The van der Waals surface area contributed by atoms with E-state index >= 15 is 0 Å². The molecule has 0 amide bonds. The van der Waals surface area contributed by atoms with Gasteiger partial charge in [-0.05, 0) is 54.6 Å². The predicted molar refractivity (Wildman–Crippen MR) is 144 cm³/mol. The van der Waals surface area contributed by atoms with Crippen molar-refractivity contribution in [3.05, 3.63) is 79.1 Å². The molecule has 0 saturated carbocycles. The summed E-state index contributed by atoms with van der Waals surface area (Å²) in [5.74, 6) is 2.14. The van der Waals surface area contributed by atoms with Gasteiger partial charge in [-0.25, -0.2) is 18.4 Å². The van der Waals surface area contributed by atoms with Gasteiger partial charge in [0.15, 0.2) is 0 Å². The Labute approximate surface area is 213 Å². The van der Waals surface area contributed by atoms with E-state index < -0.39 is 21.0 Å². The second-order valence-corrected chi connectivity index (χ2v) is 12.2. The van der Waals surface area contributed by atoms with Gasteiger partial charge in [-0.3, -0.25) is 4.90 Å². The molecule has 0 bridgehead atoms. The molecule has 5 rings (SSSR count). The molecule has 8 nitrogen and oxygen atoms in total. The van der Waals surface area contributed by atoms with Crippen molar-refractivity contribution in [1.29, 1.82) is 0 Å². The first-order chi connectivity index (χ1) is 17.5. The summed E-state index contributed by atoms with van der Waals surface area (Å²) in [7, 11) is -3.57. The quantitative estimate of drug-likeness (QED) is 0.338. The lowest BCUT2D eigenvalue weighted by atomic mass is 10.2. The Morgan fingerprint density at radius 3 is 2.33 bits per heavy atom. The highest BCUT2D eigenvalue weighted by Gasteiger charge is 2.19. The highest BCUT2D eigenvalue weighted by molar-refractivity contribution is 7.91. The van der Waals surface area contributed by atoms with Crippen LogP contribution in [0.25, 0.3) is 10.9 Å². The van der Waals surface area contributed by atoms with Crippen LogP contribution in [0.5, 0.6) is 0 Å². The maximum atomic E-state index is 12.9. The standard InChI is InChI=1S/C26H27N5O3S2/c32-35-16-14-31(15-17-35)13-12-27-21-8-11-25-24(18-21)26(29-19-28-25)30-20-6-9-23(10-7-20)36(33,34)22-4-2-1-3-5-22/h1-11,18-19,27H,12-17H2,(H,28,29,30). The largest absolute Gasteiger partial charge is 0.616 e. The van der Waals surface area contributed by atoms with Gasteiger partial charge in [0.25, 0.3) is 0 Å². The van der Waals surface area contributed by atoms with Crippen LogP contribution < -0.4 is 10.6 Å². The summed E-state index contributed by atoms with van der Waals surface area (Å²) in [5.41, 5.74) is 2.49. The van der Waals surface area contributed by atoms with Crippen LogP contribution in [0.15, 0.2) is 88.9 Å². The SMILES string of the molecule is O=S(=O)(c1ccccc1)c1ccc(Nc2ncnc3ccc(NCCN4CC[S+]([O-])CC4)cc23)cc1. The number of anilines is 3. The molecule has 1 aromatic heterocycles. The van der Waals surface area contributed by atoms with Crippen LogP contribution in [0.3, 0.4) is 0 Å². The topological polar surface area (TPSA) is 110 Å². The summed E-state index contributed by atoms with van der Waals surface area (Å²) in [6, 6.07) is 21.0. The van der Waals surface area contributed by atoms with E-state index in [2.05, 4.69) is 25.5 Å². The maximum Gasteiger partial charge on any atom is 0.206 e. The van der Waals surface area contributed by atoms with Crippen molar-refractivity contribution in [3.8, 4) is 0 Å². The molecule has 0 radical (unpaired) electrons. The van der Waals surface area contributed by atoms with Gasteiger partial charge in [0.2, 0.25) is 9.84 Å². The molecule has 1 aliphatic rings. The molecule has 0 atom stereocenters. The van der Waals surface area contributed by atoms with E-state index in [1.165, 1.54) is 6.33 Å². The number of fused-ring (bicyclic) bond motifs is 1. The number of sulfone groups is 1. The van der Waals surface area contributed by atoms with Gasteiger partial charge in [-0.15, -0.1) is 0 Å². The second-order valence-electron chi connectivity index (χ2n) is 8.54. The molecular formula is C26H27N5O3S2. The Balaban J connectivity index is 1.29. The van der Waals surface area contributed by atoms with Crippen molar-refractivity contribution in [2.24, 2.45) is 0 Å². The minimum absolute atomic E-state index is 0.234. The molecule has 3 aromatic carbocycles. The summed E-state index contributed by atoms with van der Waals surface area (Å²) >= 11 is -0.665. The zero-order valence-corrected chi connectivity index (χ0v) is 21.3. The molecule has 0 unspecified atom stereocenters. The van der Waals surface area contributed by atoms with Crippen LogP contribution >= 0.6 is 0 Å². The van der Waals surface area contributed by atoms with Gasteiger partial charge in [0.05, 0.1) is 15.3 Å². The second kappa shape index (κ2) is 10.8. The molecule has 4 aromatic rings. The first-order valence-corrected chi connectivity index (χ1v) is 14.7. The van der Waals surface area contributed by atoms with Gasteiger partial charge in [0.1, 0.15) is 23.7 Å². The first-order valence-electron chi connectivity index (χ1n) is 11.7. The van der Waals surface area contributed by atoms with Crippen LogP contribution in [-0.4, -0.2) is 65.5 Å². The number of nitrogens with one attached hydrogen (secondary N) is 2. The Morgan fingerprint density at radius 1 is 0.889 bits per heavy atom. The lowest BCUT2D eigenvalue weighted by Gasteiger charge is -2.28. The molecule has 1 fully saturated rings. The number of benzene rings is 3. The van der Waals surface area contributed by atoms with Crippen LogP contribution in [0, 0.1) is 0 Å². The molecule has 186 valence electrons. The number of rotatable bonds is 8. The van der Waals surface area contributed by atoms with Crippen molar-refractivity contribution < 1.29 is 13.0 Å². The first kappa shape index (κ1) is 24.5. The normalized spacial score (nSPS) is 15.1. The summed E-state index contributed by atoms with van der Waals surface area (Å²) in [5, 5.41) is 7.61. The molecule has 0 aliphatic carbocycles. The molecule has 2 N–H and O–H groups in total. The van der Waals surface area contributed by atoms with E-state index in [0.717, 1.165) is 60.0 Å². The number of hydrogen-bond donors (Lipinski definition) is 2. The van der Waals surface area contributed by atoms with Gasteiger partial charge >= 0.3 is 0 Å². The van der Waals surface area contributed by atoms with Gasteiger partial charge < -0.3 is 15.2 Å². The Bertz CT molecular complexity index is 1430. The number of aromatic nitrogens is 2. The van der Waals surface area contributed by atoms with E-state index in [-0.39, 0.29) is 9.79 Å². The van der Waals surface area contributed by atoms with Crippen molar-refractivity contribution in [1.82, 2.24) is 14.9 Å². The average Bonchev–Trinajstić information content (AvgIpc) is 2.91. The summed E-state index contributed by atoms with van der Waals surface area (Å²) in [6.45, 7) is 3.43. The fraction of sp³-hybridized carbons (Fsp3) is 0.231. The monoisotopic (exact) mass is 521 g/mol. The fourth-order valence-electron chi connectivity index (χ4n) is 4.11. The molecule has 0 spiro atoms. The van der Waals surface area contributed by atoms with Gasteiger partial charge in [-0.2, -0.15) is 0 Å². The fourth-order valence-corrected chi connectivity index (χ4v) is 6.52. The van der Waals surface area contributed by atoms with Crippen LogP contribution in [0.2, 0.25) is 0 Å². The smallest absolute Gasteiger partial charge is 0.206 e. The Hall–Kier alpha value is -3.18. The predicted octanol–water partition coefficient (Wildman–Crippen LogP) is 3.68. The number of nitrogens with zero attached hydrogens (tertiary/aromatic N) is 3. The van der Waals surface area contributed by atoms with Crippen LogP contribution in [-0.2, 0) is 21.0 Å². The Morgan fingerprint density at radius 2 is 1.58 bits per heavy atom. The van der Waals surface area contributed by atoms with E-state index in [4.69, 9.17) is 0 Å². The lowest BCUT2D eigenvalue weighted by molar-refractivity contribution is 0.307. The molecular weight excluding hydrogens is 494 g/mol. The number of hydrogen-bond acceptors (Lipinski definition) is 8. The van der Waals surface area contributed by atoms with Gasteiger partial charge in [-0.1, -0.05) is 29.4 Å². The highest BCUT2D eigenvalue weighted by atomic mass is 32.2. The minimum atomic E-state index is -3.57. The third-order valence-electron chi connectivity index (χ3n) is 6.14. The zero-order valence-electron chi connectivity index (χ0n) is 19.6. The summed E-state index contributed by atoms with van der Waals surface area (Å²) in [6.07, 6.45) is 1.51. The third-order valence-corrected chi connectivity index (χ3v) is 9.21. The molecule has 10 heteroatoms. The van der Waals surface area contributed by atoms with Gasteiger partial charge in [0, 0.05) is 42.9 Å². The molecule has 36 heavy (non-hydrogen) atoms. The summed E-state index contributed by atoms with van der Waals surface area (Å²) in [4.78, 5) is 11.6. The maximum absolute atomic E-state index is 12.9. The average molecular weight is 522 g/mol. The van der Waals surface area contributed by atoms with Crippen molar-refractivity contribution >= 4 is 49.1 Å². The molecule has 2 heterocycles. The highest BCUT2D eigenvalue weighted by Crippen LogP contribution is 2.27. The molecule has 1 aliphatic heterocycles. The minimum Gasteiger partial charge on any atom is -0.616 e. The third kappa shape index (κ3) is 5.62. The Kier molecular flexibility index (Phi) is 7.38. The van der Waals surface area contributed by atoms with E-state index in [1.807, 2.05) is 18.2 Å².